The van der Waals surface area contributed by atoms with Gasteiger partial charge in [0.15, 0.2) is 0 Å². The van der Waals surface area contributed by atoms with Gasteiger partial charge in [-0.05, 0) is 41.0 Å². The smallest absolute Gasteiger partial charge is 0.407 e. The van der Waals surface area contributed by atoms with E-state index in [0.29, 0.717) is 6.54 Å². The van der Waals surface area contributed by atoms with Crippen molar-refractivity contribution in [3.8, 4) is 11.1 Å². The van der Waals surface area contributed by atoms with Crippen molar-refractivity contribution in [1.29, 1.82) is 0 Å². The number of nitrogens with one attached hydrogen (secondary N) is 1. The Kier molecular flexibility index (Phi) is 6.03. The highest BCUT2D eigenvalue weighted by Crippen LogP contribution is 2.56. The third kappa shape index (κ3) is 4.40. The number of hydrogen-bond acceptors (Lipinski definition) is 4. The molecule has 1 saturated heterocycles. The summed E-state index contributed by atoms with van der Waals surface area (Å²) in [6.07, 6.45) is 1.31. The summed E-state index contributed by atoms with van der Waals surface area (Å²) >= 11 is 0. The van der Waals surface area contributed by atoms with E-state index in [0.717, 1.165) is 24.0 Å². The zero-order chi connectivity index (χ0) is 24.7. The zero-order valence-corrected chi connectivity index (χ0v) is 20.2. The predicted octanol–water partition coefficient (Wildman–Crippen LogP) is 4.26. The van der Waals surface area contributed by atoms with Gasteiger partial charge in [-0.2, -0.15) is 0 Å². The minimum Gasteiger partial charge on any atom is -0.481 e. The summed E-state index contributed by atoms with van der Waals surface area (Å²) in [5.41, 5.74) is 4.39. The lowest BCUT2D eigenvalue weighted by atomic mass is 9.93. The highest BCUT2D eigenvalue weighted by atomic mass is 16.5. The topological polar surface area (TPSA) is 95.9 Å². The fraction of sp³-hybridized carbons (Fsp3) is 0.464. The number of carboxylic acids is 1. The highest BCUT2D eigenvalue weighted by molar-refractivity contribution is 5.81. The van der Waals surface area contributed by atoms with Crippen molar-refractivity contribution in [2.45, 2.75) is 45.1 Å². The maximum absolute atomic E-state index is 13.0. The van der Waals surface area contributed by atoms with Crippen LogP contribution in [0.2, 0.25) is 0 Å². The lowest BCUT2D eigenvalue weighted by Crippen LogP contribution is -2.43. The molecule has 2 fully saturated rings. The number of hydrogen-bond donors (Lipinski definition) is 2. The van der Waals surface area contributed by atoms with Crippen LogP contribution >= 0.6 is 0 Å². The van der Waals surface area contributed by atoms with Crippen molar-refractivity contribution in [2.75, 3.05) is 19.7 Å². The number of amides is 2. The molecule has 1 heterocycles. The van der Waals surface area contributed by atoms with Crippen LogP contribution < -0.4 is 5.32 Å². The van der Waals surface area contributed by atoms with Crippen LogP contribution in [-0.4, -0.2) is 53.7 Å². The second kappa shape index (κ2) is 9.02. The number of benzene rings is 2. The fourth-order valence-electron chi connectivity index (χ4n) is 5.73. The van der Waals surface area contributed by atoms with Crippen LogP contribution in [0.15, 0.2) is 48.5 Å². The molecule has 2 amide bonds. The molecule has 0 radical (unpaired) electrons. The highest BCUT2D eigenvalue weighted by Gasteiger charge is 2.58. The van der Waals surface area contributed by atoms with Crippen LogP contribution in [-0.2, 0) is 14.3 Å². The van der Waals surface area contributed by atoms with E-state index in [9.17, 15) is 19.5 Å². The van der Waals surface area contributed by atoms with Gasteiger partial charge in [-0.3, -0.25) is 9.59 Å². The summed E-state index contributed by atoms with van der Waals surface area (Å²) < 4.78 is 5.67. The van der Waals surface area contributed by atoms with Crippen LogP contribution in [0.4, 0.5) is 4.79 Å². The molecule has 35 heavy (non-hydrogen) atoms. The van der Waals surface area contributed by atoms with E-state index in [1.165, 1.54) is 11.1 Å². The average Bonchev–Trinajstić information content (AvgIpc) is 3.38. The SMILES string of the molecule is CC(C)[C@@H](CC(=O)N1CC(C(=O)O)C2(CC2)C1)NC(=O)OCC1c2ccccc2-c2ccccc21. The molecule has 5 rings (SSSR count). The van der Waals surface area contributed by atoms with Gasteiger partial charge in [0, 0.05) is 36.9 Å². The summed E-state index contributed by atoms with van der Waals surface area (Å²) in [4.78, 5) is 39.1. The summed E-state index contributed by atoms with van der Waals surface area (Å²) in [6.45, 7) is 4.87. The van der Waals surface area contributed by atoms with Gasteiger partial charge in [0.1, 0.15) is 6.61 Å². The molecule has 1 saturated carbocycles. The molecule has 2 aromatic carbocycles. The molecule has 0 bridgehead atoms. The number of fused-ring (bicyclic) bond motifs is 3. The Morgan fingerprint density at radius 2 is 1.66 bits per heavy atom. The standard InChI is InChI=1S/C28H32N2O5/c1-17(2)24(13-25(31)30-14-23(26(32)33)28(16-30)11-12-28)29-27(34)35-15-22-20-9-5-3-7-18(20)19-8-4-6-10-21(19)22/h3-10,17,22-24H,11-16H2,1-2H3,(H,29,34)(H,32,33)/t23?,24-/m1/s1. The van der Waals surface area contributed by atoms with Gasteiger partial charge >= 0.3 is 12.1 Å². The van der Waals surface area contributed by atoms with Crippen LogP contribution in [0.1, 0.15) is 50.2 Å². The molecule has 2 atom stereocenters. The Bertz CT molecular complexity index is 1110. The van der Waals surface area contributed by atoms with E-state index in [4.69, 9.17) is 4.74 Å². The Morgan fingerprint density at radius 1 is 1.06 bits per heavy atom. The molecular weight excluding hydrogens is 444 g/mol. The van der Waals surface area contributed by atoms with Crippen LogP contribution in [0.25, 0.3) is 11.1 Å². The second-order valence-corrected chi connectivity index (χ2v) is 10.6. The average molecular weight is 477 g/mol. The van der Waals surface area contributed by atoms with Gasteiger partial charge in [0.2, 0.25) is 5.91 Å². The van der Waals surface area contributed by atoms with E-state index in [1.54, 1.807) is 4.90 Å². The molecule has 184 valence electrons. The first kappa shape index (κ1) is 23.4. The van der Waals surface area contributed by atoms with E-state index in [-0.39, 0.29) is 42.7 Å². The monoisotopic (exact) mass is 476 g/mol. The molecule has 2 aliphatic carbocycles. The molecule has 7 heteroatoms. The first-order valence-corrected chi connectivity index (χ1v) is 12.4. The number of alkyl carbamates (subject to hydrolysis) is 1. The number of rotatable bonds is 7. The summed E-state index contributed by atoms with van der Waals surface area (Å²) in [5.74, 6) is -1.43. The summed E-state index contributed by atoms with van der Waals surface area (Å²) in [6, 6.07) is 16.0. The van der Waals surface area contributed by atoms with E-state index in [2.05, 4.69) is 29.6 Å². The second-order valence-electron chi connectivity index (χ2n) is 10.6. The molecule has 2 aromatic rings. The molecule has 7 nitrogen and oxygen atoms in total. The van der Waals surface area contributed by atoms with Gasteiger partial charge in [-0.15, -0.1) is 0 Å². The van der Waals surface area contributed by atoms with Gasteiger partial charge in [0.25, 0.3) is 0 Å². The maximum Gasteiger partial charge on any atom is 0.407 e. The zero-order valence-electron chi connectivity index (χ0n) is 20.2. The largest absolute Gasteiger partial charge is 0.481 e. The van der Waals surface area contributed by atoms with E-state index in [1.807, 2.05) is 38.1 Å². The lowest BCUT2D eigenvalue weighted by molar-refractivity contribution is -0.143. The normalized spacial score (nSPS) is 20.4. The van der Waals surface area contributed by atoms with Gasteiger partial charge in [-0.1, -0.05) is 62.4 Å². The fourth-order valence-corrected chi connectivity index (χ4v) is 5.73. The van der Waals surface area contributed by atoms with Crippen molar-refractivity contribution < 1.29 is 24.2 Å². The van der Waals surface area contributed by atoms with Crippen LogP contribution in [0.5, 0.6) is 0 Å². The van der Waals surface area contributed by atoms with Gasteiger partial charge in [0.05, 0.1) is 5.92 Å². The molecule has 1 spiro atoms. The molecular formula is C28H32N2O5. The predicted molar refractivity (Wildman–Crippen MR) is 131 cm³/mol. The lowest BCUT2D eigenvalue weighted by Gasteiger charge is -2.25. The minimum absolute atomic E-state index is 0.0205. The summed E-state index contributed by atoms with van der Waals surface area (Å²) in [7, 11) is 0. The summed E-state index contributed by atoms with van der Waals surface area (Å²) in [5, 5.41) is 12.4. The van der Waals surface area contributed by atoms with Crippen molar-refractivity contribution in [3.05, 3.63) is 59.7 Å². The van der Waals surface area contributed by atoms with E-state index >= 15 is 0 Å². The Morgan fingerprint density at radius 3 is 2.17 bits per heavy atom. The molecule has 1 unspecified atom stereocenters. The van der Waals surface area contributed by atoms with E-state index < -0.39 is 24.0 Å². The number of carbonyl (C=O) groups is 3. The van der Waals surface area contributed by atoms with Crippen molar-refractivity contribution >= 4 is 18.0 Å². The Hall–Kier alpha value is -3.35. The molecule has 1 aliphatic heterocycles. The van der Waals surface area contributed by atoms with Crippen molar-refractivity contribution in [2.24, 2.45) is 17.3 Å². The number of likely N-dealkylation sites (tertiary alicyclic amines) is 1. The van der Waals surface area contributed by atoms with Gasteiger partial charge < -0.3 is 20.1 Å². The maximum atomic E-state index is 13.0. The first-order valence-electron chi connectivity index (χ1n) is 12.4. The number of aliphatic carboxylic acids is 1. The van der Waals surface area contributed by atoms with Crippen molar-refractivity contribution in [3.63, 3.8) is 0 Å². The van der Waals surface area contributed by atoms with Crippen LogP contribution in [0.3, 0.4) is 0 Å². The van der Waals surface area contributed by atoms with Crippen molar-refractivity contribution in [1.82, 2.24) is 10.2 Å². The molecule has 3 aliphatic rings. The number of nitrogens with zero attached hydrogens (tertiary/aromatic N) is 1. The first-order chi connectivity index (χ1) is 16.8. The minimum atomic E-state index is -0.824. The van der Waals surface area contributed by atoms with Gasteiger partial charge in [-0.25, -0.2) is 4.79 Å². The third-order valence-electron chi connectivity index (χ3n) is 8.04. The van der Waals surface area contributed by atoms with Crippen LogP contribution in [0, 0.1) is 17.3 Å². The molecule has 0 aromatic heterocycles. The quantitative estimate of drug-likeness (QED) is 0.622. The Labute approximate surface area is 205 Å². The Balaban J connectivity index is 1.20. The number of carboxylic acid groups (broad SMARTS) is 1. The molecule has 2 N–H and O–H groups in total. The number of ether oxygens (including phenoxy) is 1. The third-order valence-corrected chi connectivity index (χ3v) is 8.04. The number of carbonyl (C=O) groups excluding carboxylic acids is 2.